The van der Waals surface area contributed by atoms with Crippen LogP contribution in [-0.4, -0.2) is 109 Å². The van der Waals surface area contributed by atoms with Crippen LogP contribution in [0, 0.1) is 0 Å². The minimum atomic E-state index is -1.00. The van der Waals surface area contributed by atoms with Gasteiger partial charge in [0, 0.05) is 63.0 Å². The van der Waals surface area contributed by atoms with Gasteiger partial charge >= 0.3 is 6.03 Å². The normalized spacial score (nSPS) is 18.2. The van der Waals surface area contributed by atoms with Crippen molar-refractivity contribution in [3.05, 3.63) is 82.5 Å². The van der Waals surface area contributed by atoms with Crippen LogP contribution in [0.3, 0.4) is 0 Å². The molecule has 2 unspecified atom stereocenters. The van der Waals surface area contributed by atoms with Crippen LogP contribution in [0.4, 0.5) is 22.1 Å². The molecular weight excluding hydrogens is 704 g/mol. The Labute approximate surface area is 318 Å². The number of aliphatic hydroxyl groups is 1. The topological polar surface area (TPSA) is 194 Å². The van der Waals surface area contributed by atoms with Gasteiger partial charge in [-0.2, -0.15) is 9.61 Å². The number of hydrogen-bond acceptors (Lipinski definition) is 11. The van der Waals surface area contributed by atoms with Gasteiger partial charge in [0.2, 0.25) is 11.8 Å². The van der Waals surface area contributed by atoms with Gasteiger partial charge in [-0.05, 0) is 54.2 Å². The molecule has 2 aromatic carbocycles. The SMILES string of the molecule is CCC(CO)Nc1cc(NCc2ccc(NC(=O)N3CCN(Cc4ccc5c(c4)C(=O)N(C4CCC(=O)NC4=O)C5=O)CC3)cc2)n2ncc(C(C)C)c2n1. The minimum Gasteiger partial charge on any atom is -0.394 e. The van der Waals surface area contributed by atoms with E-state index in [-0.39, 0.29) is 48.6 Å². The van der Waals surface area contributed by atoms with Crippen LogP contribution < -0.4 is 21.3 Å². The first-order chi connectivity index (χ1) is 26.5. The van der Waals surface area contributed by atoms with Crippen molar-refractivity contribution in [1.82, 2.24) is 34.6 Å². The summed E-state index contributed by atoms with van der Waals surface area (Å²) >= 11 is 0. The maximum Gasteiger partial charge on any atom is 0.321 e. The summed E-state index contributed by atoms with van der Waals surface area (Å²) in [7, 11) is 0. The zero-order valence-electron chi connectivity index (χ0n) is 31.2. The zero-order chi connectivity index (χ0) is 38.8. The Morgan fingerprint density at radius 2 is 1.69 bits per heavy atom. The van der Waals surface area contributed by atoms with Crippen molar-refractivity contribution < 1.29 is 29.1 Å². The fourth-order valence-electron chi connectivity index (χ4n) is 7.16. The molecule has 0 radical (unpaired) electrons. The van der Waals surface area contributed by atoms with Gasteiger partial charge < -0.3 is 26.0 Å². The molecule has 0 aliphatic carbocycles. The summed E-state index contributed by atoms with van der Waals surface area (Å²) in [5, 5.41) is 26.3. The number of carbonyl (C=O) groups is 5. The molecule has 3 aliphatic rings. The van der Waals surface area contributed by atoms with Crippen molar-refractivity contribution in [1.29, 1.82) is 0 Å². The molecule has 2 aromatic heterocycles. The molecule has 0 spiro atoms. The van der Waals surface area contributed by atoms with E-state index in [1.165, 1.54) is 0 Å². The van der Waals surface area contributed by atoms with Gasteiger partial charge in [-0.3, -0.25) is 34.3 Å². The van der Waals surface area contributed by atoms with Crippen molar-refractivity contribution in [2.24, 2.45) is 0 Å². The van der Waals surface area contributed by atoms with Crippen molar-refractivity contribution in [3.8, 4) is 0 Å². The van der Waals surface area contributed by atoms with Crippen molar-refractivity contribution in [3.63, 3.8) is 0 Å². The molecule has 0 saturated carbocycles. The van der Waals surface area contributed by atoms with Gasteiger partial charge in [0.1, 0.15) is 17.7 Å². The van der Waals surface area contributed by atoms with Crippen LogP contribution in [0.25, 0.3) is 5.65 Å². The summed E-state index contributed by atoms with van der Waals surface area (Å²) < 4.78 is 1.79. The average Bonchev–Trinajstić information content (AvgIpc) is 3.72. The van der Waals surface area contributed by atoms with Gasteiger partial charge in [0.15, 0.2) is 5.65 Å². The highest BCUT2D eigenvalue weighted by atomic mass is 16.3. The molecular formula is C39H46N10O6. The highest BCUT2D eigenvalue weighted by Crippen LogP contribution is 2.29. The lowest BCUT2D eigenvalue weighted by Crippen LogP contribution is -2.54. The van der Waals surface area contributed by atoms with Crippen molar-refractivity contribution >= 4 is 52.6 Å². The molecule has 2 saturated heterocycles. The van der Waals surface area contributed by atoms with E-state index in [1.54, 1.807) is 21.5 Å². The number of piperidine rings is 1. The number of amides is 6. The van der Waals surface area contributed by atoms with Crippen LogP contribution >= 0.6 is 0 Å². The van der Waals surface area contributed by atoms with E-state index in [0.717, 1.165) is 39.5 Å². The second kappa shape index (κ2) is 15.8. The van der Waals surface area contributed by atoms with E-state index >= 15 is 0 Å². The zero-order valence-corrected chi connectivity index (χ0v) is 31.2. The number of nitrogens with one attached hydrogen (secondary N) is 4. The van der Waals surface area contributed by atoms with E-state index in [2.05, 4.69) is 45.1 Å². The molecule has 4 aromatic rings. The van der Waals surface area contributed by atoms with Crippen LogP contribution in [0.1, 0.15) is 83.4 Å². The number of piperazine rings is 1. The lowest BCUT2D eigenvalue weighted by molar-refractivity contribution is -0.136. The molecule has 288 valence electrons. The molecule has 5 N–H and O–H groups in total. The molecule has 0 bridgehead atoms. The molecule has 2 atom stereocenters. The van der Waals surface area contributed by atoms with E-state index in [9.17, 15) is 29.1 Å². The van der Waals surface area contributed by atoms with Gasteiger partial charge in [-0.15, -0.1) is 0 Å². The highest BCUT2D eigenvalue weighted by molar-refractivity contribution is 6.23. The van der Waals surface area contributed by atoms with Crippen molar-refractivity contribution in [2.75, 3.05) is 48.7 Å². The van der Waals surface area contributed by atoms with E-state index in [0.29, 0.717) is 50.8 Å². The predicted octanol–water partition coefficient (Wildman–Crippen LogP) is 3.40. The number of imide groups is 2. The third kappa shape index (κ3) is 7.86. The fraction of sp³-hybridized carbons (Fsp3) is 0.410. The van der Waals surface area contributed by atoms with E-state index in [1.807, 2.05) is 49.5 Å². The van der Waals surface area contributed by atoms with Crippen LogP contribution in [0.15, 0.2) is 54.7 Å². The first-order valence-corrected chi connectivity index (χ1v) is 18.7. The quantitative estimate of drug-likeness (QED) is 0.133. The summed E-state index contributed by atoms with van der Waals surface area (Å²) in [6, 6.07) is 13.4. The second-order valence-electron chi connectivity index (χ2n) is 14.5. The number of fused-ring (bicyclic) bond motifs is 2. The summed E-state index contributed by atoms with van der Waals surface area (Å²) in [4.78, 5) is 73.1. The Bertz CT molecular complexity index is 2120. The maximum absolute atomic E-state index is 13.2. The number of urea groups is 1. The van der Waals surface area contributed by atoms with E-state index < -0.39 is 29.7 Å². The lowest BCUT2D eigenvalue weighted by Gasteiger charge is -2.34. The third-order valence-corrected chi connectivity index (χ3v) is 10.4. The number of rotatable bonds is 12. The van der Waals surface area contributed by atoms with Gasteiger partial charge in [0.05, 0.1) is 30.0 Å². The van der Waals surface area contributed by atoms with Gasteiger partial charge in [0.25, 0.3) is 11.8 Å². The third-order valence-electron chi connectivity index (χ3n) is 10.4. The molecule has 16 heteroatoms. The Balaban J connectivity index is 0.910. The number of anilines is 3. The Morgan fingerprint density at radius 1 is 0.964 bits per heavy atom. The predicted molar refractivity (Wildman–Crippen MR) is 205 cm³/mol. The molecule has 2 fully saturated rings. The number of carbonyl (C=O) groups excluding carboxylic acids is 5. The summed E-state index contributed by atoms with van der Waals surface area (Å²) in [5.41, 5.74) is 4.83. The summed E-state index contributed by atoms with van der Waals surface area (Å²) in [6.45, 7) is 9.53. The fourth-order valence-corrected chi connectivity index (χ4v) is 7.16. The number of aliphatic hydroxyl groups excluding tert-OH is 1. The van der Waals surface area contributed by atoms with Crippen LogP contribution in [-0.2, 0) is 22.7 Å². The van der Waals surface area contributed by atoms with Gasteiger partial charge in [-0.25, -0.2) is 9.78 Å². The Kier molecular flexibility index (Phi) is 10.8. The average molecular weight is 751 g/mol. The maximum atomic E-state index is 13.2. The largest absolute Gasteiger partial charge is 0.394 e. The summed E-state index contributed by atoms with van der Waals surface area (Å²) in [5.74, 6) is -0.443. The molecule has 16 nitrogen and oxygen atoms in total. The standard InChI is InChI=1S/C39H46N10O6/c1-4-26(22-50)42-32-18-33(49-35(44-32)30(20-41-49)23(2)3)40-19-24-5-8-27(9-6-24)43-39(55)47-15-13-46(14-16-47)21-25-7-10-28-29(17-25)38(54)48(37(28)53)31-11-12-34(51)45-36(31)52/h5-10,17-18,20,23,26,31,40,50H,4,11-16,19,21-22H2,1-3H3,(H,42,44)(H,43,55)(H,45,51,52). The van der Waals surface area contributed by atoms with Crippen molar-refractivity contribution in [2.45, 2.75) is 71.1 Å². The first kappa shape index (κ1) is 37.4. The highest BCUT2D eigenvalue weighted by Gasteiger charge is 2.44. The Hall–Kier alpha value is -5.87. The van der Waals surface area contributed by atoms with Crippen LogP contribution in [0.2, 0.25) is 0 Å². The second-order valence-corrected chi connectivity index (χ2v) is 14.5. The molecule has 6 amide bonds. The Morgan fingerprint density at radius 3 is 2.38 bits per heavy atom. The lowest BCUT2D eigenvalue weighted by atomic mass is 10.0. The number of nitrogens with zero attached hydrogens (tertiary/aromatic N) is 6. The van der Waals surface area contributed by atoms with E-state index in [4.69, 9.17) is 4.98 Å². The molecule has 7 rings (SSSR count). The van der Waals surface area contributed by atoms with Gasteiger partial charge in [-0.1, -0.05) is 39.0 Å². The number of benzene rings is 2. The molecule has 55 heavy (non-hydrogen) atoms. The summed E-state index contributed by atoms with van der Waals surface area (Å²) in [6.07, 6.45) is 2.77. The monoisotopic (exact) mass is 750 g/mol. The number of aromatic nitrogens is 3. The van der Waals surface area contributed by atoms with Crippen LogP contribution in [0.5, 0.6) is 0 Å². The first-order valence-electron chi connectivity index (χ1n) is 18.7. The smallest absolute Gasteiger partial charge is 0.321 e. The molecule has 3 aliphatic heterocycles. The number of hydrogen-bond donors (Lipinski definition) is 5. The molecule has 5 heterocycles. The minimum absolute atomic E-state index is 0.00332.